The topological polar surface area (TPSA) is 69.7 Å². The van der Waals surface area contributed by atoms with Crippen LogP contribution >= 0.6 is 0 Å². The van der Waals surface area contributed by atoms with Gasteiger partial charge in [-0.3, -0.25) is 0 Å². The highest BCUT2D eigenvalue weighted by atomic mass is 32.2. The number of carbonyl (C=O) groups excluding carboxylic acids is 1. The first-order valence-corrected chi connectivity index (χ1v) is 10.8. The Bertz CT molecular complexity index is 726. The zero-order chi connectivity index (χ0) is 18.4. The minimum absolute atomic E-state index is 0.00916. The van der Waals surface area contributed by atoms with Gasteiger partial charge in [-0.15, -0.1) is 0 Å². The van der Waals surface area contributed by atoms with E-state index in [0.29, 0.717) is 38.6 Å². The van der Waals surface area contributed by atoms with Crippen LogP contribution in [0.4, 0.5) is 4.79 Å². The summed E-state index contributed by atoms with van der Waals surface area (Å²) < 4.78 is 26.6. The molecule has 1 aliphatic heterocycles. The number of benzene rings is 1. The van der Waals surface area contributed by atoms with E-state index in [1.54, 1.807) is 4.90 Å². The minimum Gasteiger partial charge on any atom is -0.338 e. The lowest BCUT2D eigenvalue weighted by Gasteiger charge is -2.34. The standard InChI is InChI=1S/C19H27N3O3S/c23-19(20-15-17-7-3-1-4-8-17)21-11-13-22(14-12-21)26(24,25)16-18-9-5-2-6-10-18/h1-3,5-6,9-10,17H,4,7-8,11-16H2,(H,20,23). The molecular formula is C19H27N3O3S. The number of sulfonamides is 1. The Balaban J connectivity index is 1.45. The van der Waals surface area contributed by atoms with Crippen LogP contribution in [0.15, 0.2) is 42.5 Å². The lowest BCUT2D eigenvalue weighted by molar-refractivity contribution is 0.170. The van der Waals surface area contributed by atoms with E-state index in [4.69, 9.17) is 0 Å². The van der Waals surface area contributed by atoms with Crippen LogP contribution in [0.5, 0.6) is 0 Å². The fraction of sp³-hybridized carbons (Fsp3) is 0.526. The van der Waals surface area contributed by atoms with Crippen LogP contribution in [0.1, 0.15) is 24.8 Å². The van der Waals surface area contributed by atoms with Gasteiger partial charge in [-0.2, -0.15) is 4.31 Å². The molecule has 1 heterocycles. The second-order valence-electron chi connectivity index (χ2n) is 6.96. The SMILES string of the molecule is O=C(NCC1CC=CCC1)N1CCN(S(=O)(=O)Cc2ccccc2)CC1. The molecule has 0 bridgehead atoms. The van der Waals surface area contributed by atoms with Gasteiger partial charge in [0.05, 0.1) is 5.75 Å². The Morgan fingerprint density at radius 2 is 1.81 bits per heavy atom. The molecule has 1 aromatic rings. The van der Waals surface area contributed by atoms with Crippen molar-refractivity contribution in [1.82, 2.24) is 14.5 Å². The van der Waals surface area contributed by atoms with Crippen molar-refractivity contribution in [3.05, 3.63) is 48.0 Å². The lowest BCUT2D eigenvalue weighted by Crippen LogP contribution is -2.53. The third-order valence-corrected chi connectivity index (χ3v) is 6.88. The number of hydrogen-bond acceptors (Lipinski definition) is 3. The number of amides is 2. The molecule has 1 saturated heterocycles. The number of hydrogen-bond donors (Lipinski definition) is 1. The van der Waals surface area contributed by atoms with E-state index < -0.39 is 10.0 Å². The van der Waals surface area contributed by atoms with Crippen LogP contribution in [-0.2, 0) is 15.8 Å². The van der Waals surface area contributed by atoms with Crippen LogP contribution in [0, 0.1) is 5.92 Å². The van der Waals surface area contributed by atoms with Crippen molar-refractivity contribution < 1.29 is 13.2 Å². The molecule has 1 aliphatic carbocycles. The molecule has 1 N–H and O–H groups in total. The summed E-state index contributed by atoms with van der Waals surface area (Å²) in [6, 6.07) is 9.12. The molecule has 2 amide bonds. The van der Waals surface area contributed by atoms with Gasteiger partial charge in [0.2, 0.25) is 10.0 Å². The highest BCUT2D eigenvalue weighted by molar-refractivity contribution is 7.88. The molecule has 1 aromatic carbocycles. The Morgan fingerprint density at radius 3 is 2.46 bits per heavy atom. The number of allylic oxidation sites excluding steroid dienone is 2. The number of rotatable bonds is 5. The number of urea groups is 1. The summed E-state index contributed by atoms with van der Waals surface area (Å²) in [4.78, 5) is 14.0. The van der Waals surface area contributed by atoms with Crippen molar-refractivity contribution in [3.8, 4) is 0 Å². The van der Waals surface area contributed by atoms with Crippen molar-refractivity contribution in [3.63, 3.8) is 0 Å². The summed E-state index contributed by atoms with van der Waals surface area (Å²) in [6.45, 7) is 2.27. The van der Waals surface area contributed by atoms with Crippen molar-refractivity contribution in [2.45, 2.75) is 25.0 Å². The smallest absolute Gasteiger partial charge is 0.317 e. The number of piperazine rings is 1. The summed E-state index contributed by atoms with van der Waals surface area (Å²) in [7, 11) is -3.35. The second-order valence-corrected chi connectivity index (χ2v) is 8.93. The monoisotopic (exact) mass is 377 g/mol. The first-order valence-electron chi connectivity index (χ1n) is 9.24. The summed E-state index contributed by atoms with van der Waals surface area (Å²) in [6.07, 6.45) is 7.58. The van der Waals surface area contributed by atoms with Crippen LogP contribution in [0.2, 0.25) is 0 Å². The molecule has 1 fully saturated rings. The molecular weight excluding hydrogens is 350 g/mol. The number of carbonyl (C=O) groups is 1. The molecule has 0 radical (unpaired) electrons. The maximum atomic E-state index is 12.6. The minimum atomic E-state index is -3.35. The van der Waals surface area contributed by atoms with Gasteiger partial charge in [0.1, 0.15) is 0 Å². The zero-order valence-electron chi connectivity index (χ0n) is 15.0. The third kappa shape index (κ3) is 5.08. The average Bonchev–Trinajstić information content (AvgIpc) is 2.67. The van der Waals surface area contributed by atoms with Crippen molar-refractivity contribution >= 4 is 16.1 Å². The van der Waals surface area contributed by atoms with Crippen LogP contribution < -0.4 is 5.32 Å². The van der Waals surface area contributed by atoms with Gasteiger partial charge in [-0.05, 0) is 30.7 Å². The quantitative estimate of drug-likeness (QED) is 0.800. The largest absolute Gasteiger partial charge is 0.338 e. The van der Waals surface area contributed by atoms with Gasteiger partial charge in [-0.1, -0.05) is 42.5 Å². The molecule has 0 aromatic heterocycles. The van der Waals surface area contributed by atoms with Crippen LogP contribution in [0.25, 0.3) is 0 Å². The fourth-order valence-electron chi connectivity index (χ4n) is 3.43. The Kier molecular flexibility index (Phi) is 6.32. The Hall–Kier alpha value is -1.86. The average molecular weight is 378 g/mol. The summed E-state index contributed by atoms with van der Waals surface area (Å²) >= 11 is 0. The second kappa shape index (κ2) is 8.68. The molecule has 1 atom stereocenters. The van der Waals surface area contributed by atoms with Gasteiger partial charge < -0.3 is 10.2 Å². The first-order chi connectivity index (χ1) is 12.5. The number of nitrogens with one attached hydrogen (secondary N) is 1. The lowest BCUT2D eigenvalue weighted by atomic mass is 9.94. The van der Waals surface area contributed by atoms with Crippen molar-refractivity contribution in [2.75, 3.05) is 32.7 Å². The van der Waals surface area contributed by atoms with Gasteiger partial charge in [0, 0.05) is 32.7 Å². The van der Waals surface area contributed by atoms with Gasteiger partial charge in [-0.25, -0.2) is 13.2 Å². The van der Waals surface area contributed by atoms with E-state index in [1.807, 2.05) is 30.3 Å². The van der Waals surface area contributed by atoms with Gasteiger partial charge >= 0.3 is 6.03 Å². The third-order valence-electron chi connectivity index (χ3n) is 5.03. The Labute approximate surface area is 155 Å². The Morgan fingerprint density at radius 1 is 1.08 bits per heavy atom. The molecule has 1 unspecified atom stereocenters. The maximum absolute atomic E-state index is 12.6. The van der Waals surface area contributed by atoms with Gasteiger partial charge in [0.25, 0.3) is 0 Å². The van der Waals surface area contributed by atoms with E-state index in [2.05, 4.69) is 17.5 Å². The molecule has 0 saturated carbocycles. The molecule has 0 spiro atoms. The van der Waals surface area contributed by atoms with Crippen LogP contribution in [0.3, 0.4) is 0 Å². The van der Waals surface area contributed by atoms with Crippen molar-refractivity contribution in [2.24, 2.45) is 5.92 Å². The molecule has 142 valence electrons. The van der Waals surface area contributed by atoms with E-state index in [9.17, 15) is 13.2 Å². The number of nitrogens with zero attached hydrogens (tertiary/aromatic N) is 2. The highest BCUT2D eigenvalue weighted by Gasteiger charge is 2.29. The van der Waals surface area contributed by atoms with Gasteiger partial charge in [0.15, 0.2) is 0 Å². The predicted molar refractivity (Wildman–Crippen MR) is 102 cm³/mol. The van der Waals surface area contributed by atoms with E-state index in [1.165, 1.54) is 4.31 Å². The molecule has 3 rings (SSSR count). The molecule has 2 aliphatic rings. The fourth-order valence-corrected chi connectivity index (χ4v) is 4.95. The van der Waals surface area contributed by atoms with E-state index >= 15 is 0 Å². The summed E-state index contributed by atoms with van der Waals surface area (Å²) in [5.74, 6) is 0.520. The van der Waals surface area contributed by atoms with Crippen molar-refractivity contribution in [1.29, 1.82) is 0 Å². The first kappa shape index (κ1) is 18.9. The highest BCUT2D eigenvalue weighted by Crippen LogP contribution is 2.17. The molecule has 26 heavy (non-hydrogen) atoms. The normalized spacial score (nSPS) is 21.5. The maximum Gasteiger partial charge on any atom is 0.317 e. The molecule has 6 nitrogen and oxygen atoms in total. The van der Waals surface area contributed by atoms with Crippen LogP contribution in [-0.4, -0.2) is 56.4 Å². The zero-order valence-corrected chi connectivity index (χ0v) is 15.8. The predicted octanol–water partition coefficient (Wildman–Crippen LogP) is 2.20. The summed E-state index contributed by atoms with van der Waals surface area (Å²) in [5.41, 5.74) is 0.786. The summed E-state index contributed by atoms with van der Waals surface area (Å²) in [5, 5.41) is 3.00. The van der Waals surface area contributed by atoms with E-state index in [0.717, 1.165) is 24.8 Å². The molecule has 7 heteroatoms. The van der Waals surface area contributed by atoms with E-state index in [-0.39, 0.29) is 11.8 Å².